The molecule has 0 aromatic carbocycles. The second-order valence-electron chi connectivity index (χ2n) is 6.17. The first kappa shape index (κ1) is 14.6. The first-order chi connectivity index (χ1) is 10.1. The maximum absolute atomic E-state index is 12.8. The number of aromatic nitrogens is 1. The van der Waals surface area contributed by atoms with E-state index in [9.17, 15) is 4.79 Å². The van der Waals surface area contributed by atoms with Crippen LogP contribution in [-0.4, -0.2) is 53.9 Å². The summed E-state index contributed by atoms with van der Waals surface area (Å²) in [5, 5.41) is 0. The van der Waals surface area contributed by atoms with Gasteiger partial charge in [0.05, 0.1) is 17.7 Å². The SMILES string of the molecule is CO[C@@H]1CC[C@@]2(OC)CCN(C(=O)c3cccn3C)[C@H]2C1. The summed E-state index contributed by atoms with van der Waals surface area (Å²) < 4.78 is 13.3. The van der Waals surface area contributed by atoms with Crippen molar-refractivity contribution >= 4 is 5.91 Å². The third kappa shape index (κ3) is 2.28. The summed E-state index contributed by atoms with van der Waals surface area (Å²) in [6.45, 7) is 0.763. The molecule has 0 spiro atoms. The minimum atomic E-state index is -0.185. The fourth-order valence-electron chi connectivity index (χ4n) is 3.95. The van der Waals surface area contributed by atoms with Crippen molar-refractivity contribution in [3.63, 3.8) is 0 Å². The van der Waals surface area contributed by atoms with Gasteiger partial charge in [-0.25, -0.2) is 0 Å². The van der Waals surface area contributed by atoms with Crippen LogP contribution in [0.5, 0.6) is 0 Å². The van der Waals surface area contributed by atoms with Gasteiger partial charge >= 0.3 is 0 Å². The molecule has 0 radical (unpaired) electrons. The molecule has 2 aliphatic rings. The highest BCUT2D eigenvalue weighted by molar-refractivity contribution is 5.93. The highest BCUT2D eigenvalue weighted by atomic mass is 16.5. The van der Waals surface area contributed by atoms with E-state index in [0.717, 1.165) is 37.9 Å². The first-order valence-electron chi connectivity index (χ1n) is 7.61. The molecule has 1 aromatic rings. The normalized spacial score (nSPS) is 32.2. The lowest BCUT2D eigenvalue weighted by molar-refractivity contribution is -0.0894. The molecule has 1 aliphatic heterocycles. The number of carbonyl (C=O) groups is 1. The third-order valence-electron chi connectivity index (χ3n) is 5.30. The van der Waals surface area contributed by atoms with Crippen LogP contribution in [0.25, 0.3) is 0 Å². The molecule has 0 unspecified atom stereocenters. The Morgan fingerprint density at radius 2 is 2.19 bits per heavy atom. The Morgan fingerprint density at radius 1 is 1.38 bits per heavy atom. The predicted molar refractivity (Wildman–Crippen MR) is 79.2 cm³/mol. The lowest BCUT2D eigenvalue weighted by Gasteiger charge is -2.43. The molecule has 1 saturated carbocycles. The van der Waals surface area contributed by atoms with Gasteiger partial charge in [-0.15, -0.1) is 0 Å². The molecular weight excluding hydrogens is 268 g/mol. The summed E-state index contributed by atoms with van der Waals surface area (Å²) in [4.78, 5) is 14.8. The predicted octanol–water partition coefficient (Wildman–Crippen LogP) is 1.82. The van der Waals surface area contributed by atoms with E-state index >= 15 is 0 Å². The maximum Gasteiger partial charge on any atom is 0.270 e. The summed E-state index contributed by atoms with van der Waals surface area (Å²) in [5.74, 6) is 0.100. The number of aryl methyl sites for hydroxylation is 1. The largest absolute Gasteiger partial charge is 0.381 e. The van der Waals surface area contributed by atoms with Crippen molar-refractivity contribution in [1.82, 2.24) is 9.47 Å². The molecule has 2 heterocycles. The molecule has 1 aliphatic carbocycles. The van der Waals surface area contributed by atoms with Crippen LogP contribution in [0.3, 0.4) is 0 Å². The van der Waals surface area contributed by atoms with Gasteiger partial charge in [-0.3, -0.25) is 4.79 Å². The Hall–Kier alpha value is -1.33. The fraction of sp³-hybridized carbons (Fsp3) is 0.688. The number of hydrogen-bond acceptors (Lipinski definition) is 3. The quantitative estimate of drug-likeness (QED) is 0.853. The summed E-state index contributed by atoms with van der Waals surface area (Å²) in [6.07, 6.45) is 5.88. The van der Waals surface area contributed by atoms with Gasteiger partial charge in [0.2, 0.25) is 0 Å². The Kier molecular flexibility index (Phi) is 3.80. The van der Waals surface area contributed by atoms with E-state index in [-0.39, 0.29) is 23.7 Å². The van der Waals surface area contributed by atoms with E-state index in [1.54, 1.807) is 14.2 Å². The summed E-state index contributed by atoms with van der Waals surface area (Å²) >= 11 is 0. The number of methoxy groups -OCH3 is 2. The van der Waals surface area contributed by atoms with E-state index in [0.29, 0.717) is 0 Å². The van der Waals surface area contributed by atoms with Gasteiger partial charge in [-0.05, 0) is 37.8 Å². The van der Waals surface area contributed by atoms with Crippen LogP contribution in [0.15, 0.2) is 18.3 Å². The highest BCUT2D eigenvalue weighted by Gasteiger charge is 2.52. The summed E-state index contributed by atoms with van der Waals surface area (Å²) in [6, 6.07) is 3.90. The highest BCUT2D eigenvalue weighted by Crippen LogP contribution is 2.43. The number of carbonyl (C=O) groups excluding carboxylic acids is 1. The minimum absolute atomic E-state index is 0.100. The van der Waals surface area contributed by atoms with Gasteiger partial charge in [0.25, 0.3) is 5.91 Å². The molecule has 21 heavy (non-hydrogen) atoms. The van der Waals surface area contributed by atoms with E-state index in [1.165, 1.54) is 0 Å². The van der Waals surface area contributed by atoms with Crippen LogP contribution in [-0.2, 0) is 16.5 Å². The van der Waals surface area contributed by atoms with Crippen LogP contribution in [0.1, 0.15) is 36.2 Å². The average Bonchev–Trinajstić information content (AvgIpc) is 3.10. The smallest absolute Gasteiger partial charge is 0.270 e. The molecule has 0 N–H and O–H groups in total. The molecule has 3 rings (SSSR count). The van der Waals surface area contributed by atoms with Gasteiger partial charge in [0, 0.05) is 34.0 Å². The number of rotatable bonds is 3. The second kappa shape index (κ2) is 5.46. The zero-order chi connectivity index (χ0) is 15.0. The first-order valence-corrected chi connectivity index (χ1v) is 7.61. The summed E-state index contributed by atoms with van der Waals surface area (Å²) in [7, 11) is 5.44. The van der Waals surface area contributed by atoms with E-state index in [4.69, 9.17) is 9.47 Å². The monoisotopic (exact) mass is 292 g/mol. The van der Waals surface area contributed by atoms with Crippen molar-refractivity contribution in [2.75, 3.05) is 20.8 Å². The van der Waals surface area contributed by atoms with Gasteiger partial charge < -0.3 is 18.9 Å². The van der Waals surface area contributed by atoms with Gasteiger partial charge in [-0.1, -0.05) is 0 Å². The molecule has 1 aromatic heterocycles. The molecule has 2 fully saturated rings. The van der Waals surface area contributed by atoms with Crippen molar-refractivity contribution in [1.29, 1.82) is 0 Å². The zero-order valence-corrected chi connectivity index (χ0v) is 13.0. The average molecular weight is 292 g/mol. The van der Waals surface area contributed by atoms with Crippen molar-refractivity contribution in [2.24, 2.45) is 7.05 Å². The maximum atomic E-state index is 12.8. The third-order valence-corrected chi connectivity index (χ3v) is 5.30. The fourth-order valence-corrected chi connectivity index (χ4v) is 3.95. The van der Waals surface area contributed by atoms with Crippen molar-refractivity contribution < 1.29 is 14.3 Å². The molecule has 116 valence electrons. The number of likely N-dealkylation sites (tertiary alicyclic amines) is 1. The standard InChI is InChI=1S/C16H24N2O3/c1-17-9-4-5-13(17)15(19)18-10-8-16(21-3)7-6-12(20-2)11-14(16)18/h4-5,9,12,14H,6-8,10-11H2,1-3H3/t12-,14+,16-/m1/s1. The van der Waals surface area contributed by atoms with Crippen LogP contribution in [0.2, 0.25) is 0 Å². The lowest BCUT2D eigenvalue weighted by atomic mass is 9.79. The van der Waals surface area contributed by atoms with Crippen molar-refractivity contribution in [2.45, 2.75) is 43.4 Å². The van der Waals surface area contributed by atoms with Gasteiger partial charge in [0.1, 0.15) is 5.69 Å². The van der Waals surface area contributed by atoms with Crippen molar-refractivity contribution in [3.8, 4) is 0 Å². The van der Waals surface area contributed by atoms with E-state index in [2.05, 4.69) is 0 Å². The molecule has 5 heteroatoms. The number of amides is 1. The Morgan fingerprint density at radius 3 is 2.81 bits per heavy atom. The number of fused-ring (bicyclic) bond motifs is 1. The van der Waals surface area contributed by atoms with Crippen LogP contribution < -0.4 is 0 Å². The van der Waals surface area contributed by atoms with Gasteiger partial charge in [-0.2, -0.15) is 0 Å². The molecule has 1 amide bonds. The Labute approximate surface area is 125 Å². The van der Waals surface area contributed by atoms with E-state index < -0.39 is 0 Å². The molecule has 3 atom stereocenters. The van der Waals surface area contributed by atoms with Crippen molar-refractivity contribution in [3.05, 3.63) is 24.0 Å². The van der Waals surface area contributed by atoms with Crippen LogP contribution >= 0.6 is 0 Å². The number of hydrogen-bond donors (Lipinski definition) is 0. The minimum Gasteiger partial charge on any atom is -0.381 e. The Bertz CT molecular complexity index is 527. The topological polar surface area (TPSA) is 43.7 Å². The van der Waals surface area contributed by atoms with Gasteiger partial charge in [0.15, 0.2) is 0 Å². The second-order valence-corrected chi connectivity index (χ2v) is 6.17. The molecule has 1 saturated heterocycles. The molecule has 0 bridgehead atoms. The zero-order valence-electron chi connectivity index (χ0n) is 13.0. The molecular formula is C16H24N2O3. The number of nitrogens with zero attached hydrogens (tertiary/aromatic N) is 2. The van der Waals surface area contributed by atoms with Crippen LogP contribution in [0, 0.1) is 0 Å². The summed E-state index contributed by atoms with van der Waals surface area (Å²) in [5.41, 5.74) is 0.553. The lowest BCUT2D eigenvalue weighted by Crippen LogP contribution is -2.53. The Balaban J connectivity index is 1.86. The molecule has 5 nitrogen and oxygen atoms in total. The van der Waals surface area contributed by atoms with E-state index in [1.807, 2.05) is 34.8 Å². The number of ether oxygens (including phenoxy) is 2. The van der Waals surface area contributed by atoms with Crippen LogP contribution in [0.4, 0.5) is 0 Å².